The molecule has 7 N–H and O–H groups in total. The summed E-state index contributed by atoms with van der Waals surface area (Å²) >= 11 is 4.43. The Morgan fingerprint density at radius 1 is 1.38 bits per heavy atom. The second-order valence-electron chi connectivity index (χ2n) is 6.57. The minimum Gasteiger partial charge on any atom is -0.593 e. The number of benzene rings is 1. The number of hydrogen-bond donors (Lipinski definition) is 5. The first kappa shape index (κ1) is 23.1. The molecule has 0 amide bonds. The molecule has 8 nitrogen and oxygen atoms in total. The molecule has 0 bridgehead atoms. The van der Waals surface area contributed by atoms with E-state index >= 15 is 0 Å². The van der Waals surface area contributed by atoms with E-state index in [2.05, 4.69) is 51.3 Å². The molecule has 0 aromatic heterocycles. The Morgan fingerprint density at radius 3 is 2.76 bits per heavy atom. The Balaban J connectivity index is 1.98. The highest BCUT2D eigenvalue weighted by atomic mass is 35.5. The van der Waals surface area contributed by atoms with Crippen LogP contribution in [-0.4, -0.2) is 35.8 Å². The van der Waals surface area contributed by atoms with Gasteiger partial charge in [-0.05, 0) is 43.5 Å². The highest BCUT2D eigenvalue weighted by Crippen LogP contribution is 2.26. The summed E-state index contributed by atoms with van der Waals surface area (Å²) in [6.07, 6.45) is 1.98. The van der Waals surface area contributed by atoms with Crippen LogP contribution in [0.5, 0.6) is 0 Å². The van der Waals surface area contributed by atoms with Gasteiger partial charge in [-0.3, -0.25) is 4.99 Å². The Bertz CT molecular complexity index is 862. The zero-order valence-electron chi connectivity index (χ0n) is 17.0. The van der Waals surface area contributed by atoms with Gasteiger partial charge < -0.3 is 26.7 Å². The van der Waals surface area contributed by atoms with Gasteiger partial charge in [0.15, 0.2) is 11.1 Å². The highest BCUT2D eigenvalue weighted by Gasteiger charge is 2.22. The maximum Gasteiger partial charge on any atom is 0.228 e. The van der Waals surface area contributed by atoms with Gasteiger partial charge >= 0.3 is 0 Å². The van der Waals surface area contributed by atoms with E-state index in [9.17, 15) is 4.55 Å². The average molecular weight is 438 g/mol. The fourth-order valence-corrected chi connectivity index (χ4v) is 4.14. The molecule has 1 aromatic carbocycles. The zero-order valence-corrected chi connectivity index (χ0v) is 18.6. The number of aliphatic imine (C=N–C) groups is 2. The molecule has 10 heteroatoms. The number of nitrogens with two attached hydrogens (primary N) is 2. The van der Waals surface area contributed by atoms with Crippen molar-refractivity contribution in [1.29, 1.82) is 0 Å². The van der Waals surface area contributed by atoms with Crippen LogP contribution in [0.3, 0.4) is 0 Å². The van der Waals surface area contributed by atoms with Crippen molar-refractivity contribution in [2.24, 2.45) is 21.5 Å². The lowest BCUT2D eigenvalue weighted by atomic mass is 9.97. The van der Waals surface area contributed by atoms with Crippen molar-refractivity contribution in [3.05, 3.63) is 57.4 Å². The Labute approximate surface area is 179 Å². The highest BCUT2D eigenvalue weighted by molar-refractivity contribution is 7.94. The smallest absolute Gasteiger partial charge is 0.228 e. The summed E-state index contributed by atoms with van der Waals surface area (Å²) in [4.78, 5) is 8.62. The van der Waals surface area contributed by atoms with Crippen molar-refractivity contribution < 1.29 is 4.55 Å². The SMILES string of the molecule is CN=C(Cl)C(=C(C)N)[S+]([O-])NCCNC1=CC(c2cccc(C)c2C)N=C(N)N1. The van der Waals surface area contributed by atoms with Crippen LogP contribution in [0.2, 0.25) is 0 Å². The number of halogens is 1. The van der Waals surface area contributed by atoms with Gasteiger partial charge in [-0.25, -0.2) is 4.99 Å². The van der Waals surface area contributed by atoms with Gasteiger partial charge in [0.2, 0.25) is 4.91 Å². The summed E-state index contributed by atoms with van der Waals surface area (Å²) in [5, 5.41) is 6.37. The summed E-state index contributed by atoms with van der Waals surface area (Å²) in [6, 6.07) is 5.97. The fraction of sp³-hybridized carbons (Fsp3) is 0.368. The summed E-state index contributed by atoms with van der Waals surface area (Å²) in [7, 11) is 1.52. The maximum absolute atomic E-state index is 12.4. The van der Waals surface area contributed by atoms with E-state index in [4.69, 9.17) is 23.1 Å². The molecule has 0 spiro atoms. The number of aryl methyl sites for hydroxylation is 1. The van der Waals surface area contributed by atoms with Crippen molar-refractivity contribution in [3.63, 3.8) is 0 Å². The van der Waals surface area contributed by atoms with Gasteiger partial charge in [-0.1, -0.05) is 29.8 Å². The number of nitrogens with one attached hydrogen (secondary N) is 3. The molecule has 2 rings (SSSR count). The number of nitrogens with zero attached hydrogens (tertiary/aromatic N) is 2. The van der Waals surface area contributed by atoms with Crippen molar-refractivity contribution >= 4 is 34.1 Å². The number of guanidine groups is 1. The molecule has 1 aliphatic heterocycles. The fourth-order valence-electron chi connectivity index (χ4n) is 2.81. The monoisotopic (exact) mass is 437 g/mol. The van der Waals surface area contributed by atoms with Crippen LogP contribution >= 0.6 is 11.6 Å². The van der Waals surface area contributed by atoms with Crippen LogP contribution in [0.15, 0.2) is 50.7 Å². The predicted octanol–water partition coefficient (Wildman–Crippen LogP) is 1.40. The third-order valence-electron chi connectivity index (χ3n) is 4.43. The van der Waals surface area contributed by atoms with Crippen molar-refractivity contribution in [1.82, 2.24) is 15.4 Å². The van der Waals surface area contributed by atoms with Crippen LogP contribution in [0.1, 0.15) is 29.7 Å². The minimum absolute atomic E-state index is 0.126. The molecular formula is C19H28ClN7OS. The summed E-state index contributed by atoms with van der Waals surface area (Å²) in [5.74, 6) is 1.09. The molecule has 0 saturated carbocycles. The van der Waals surface area contributed by atoms with Gasteiger partial charge in [0.1, 0.15) is 11.9 Å². The Morgan fingerprint density at radius 2 is 2.10 bits per heavy atom. The van der Waals surface area contributed by atoms with E-state index in [1.165, 1.54) is 18.2 Å². The average Bonchev–Trinajstić information content (AvgIpc) is 2.66. The molecule has 29 heavy (non-hydrogen) atoms. The van der Waals surface area contributed by atoms with E-state index in [1.807, 2.05) is 12.1 Å². The van der Waals surface area contributed by atoms with Crippen LogP contribution in [0.4, 0.5) is 0 Å². The molecule has 1 aromatic rings. The first-order chi connectivity index (χ1) is 13.7. The topological polar surface area (TPSA) is 136 Å². The molecule has 2 unspecified atom stereocenters. The van der Waals surface area contributed by atoms with E-state index in [-0.39, 0.29) is 16.1 Å². The van der Waals surface area contributed by atoms with Gasteiger partial charge in [0.05, 0.1) is 23.6 Å². The van der Waals surface area contributed by atoms with Crippen LogP contribution in [-0.2, 0) is 11.4 Å². The molecule has 0 fully saturated rings. The molecule has 0 aliphatic carbocycles. The molecule has 1 aliphatic rings. The van der Waals surface area contributed by atoms with Crippen LogP contribution in [0.25, 0.3) is 0 Å². The van der Waals surface area contributed by atoms with Gasteiger partial charge in [0.25, 0.3) is 0 Å². The van der Waals surface area contributed by atoms with Gasteiger partial charge in [-0.2, -0.15) is 0 Å². The zero-order chi connectivity index (χ0) is 21.6. The van der Waals surface area contributed by atoms with Crippen molar-refractivity contribution in [3.8, 4) is 0 Å². The van der Waals surface area contributed by atoms with Gasteiger partial charge in [-0.15, -0.1) is 4.72 Å². The quantitative estimate of drug-likeness (QED) is 0.237. The Kier molecular flexibility index (Phi) is 8.39. The summed E-state index contributed by atoms with van der Waals surface area (Å²) in [6.45, 7) is 6.68. The maximum atomic E-state index is 12.4. The first-order valence-electron chi connectivity index (χ1n) is 9.11. The lowest BCUT2D eigenvalue weighted by Crippen LogP contribution is -2.42. The molecule has 0 radical (unpaired) electrons. The first-order valence-corrected chi connectivity index (χ1v) is 10.6. The predicted molar refractivity (Wildman–Crippen MR) is 122 cm³/mol. The molecule has 0 saturated heterocycles. The minimum atomic E-state index is -1.56. The number of hydrogen-bond acceptors (Lipinski definition) is 8. The second kappa shape index (κ2) is 10.5. The third-order valence-corrected chi connectivity index (χ3v) is 6.25. The van der Waals surface area contributed by atoms with E-state index in [0.29, 0.717) is 24.7 Å². The molecule has 1 heterocycles. The van der Waals surface area contributed by atoms with Gasteiger partial charge in [0, 0.05) is 13.6 Å². The van der Waals surface area contributed by atoms with Crippen LogP contribution in [0, 0.1) is 13.8 Å². The third kappa shape index (κ3) is 6.14. The lowest BCUT2D eigenvalue weighted by molar-refractivity contribution is 0.585. The second-order valence-corrected chi connectivity index (χ2v) is 8.16. The molecular weight excluding hydrogens is 410 g/mol. The summed E-state index contributed by atoms with van der Waals surface area (Å²) in [5.41, 5.74) is 15.6. The van der Waals surface area contributed by atoms with Crippen molar-refractivity contribution in [2.45, 2.75) is 26.8 Å². The van der Waals surface area contributed by atoms with Crippen LogP contribution < -0.4 is 26.8 Å². The van der Waals surface area contributed by atoms with E-state index in [0.717, 1.165) is 11.4 Å². The number of allylic oxidation sites excluding steroid dienone is 2. The molecule has 158 valence electrons. The molecule has 2 atom stereocenters. The van der Waals surface area contributed by atoms with E-state index < -0.39 is 11.4 Å². The number of rotatable bonds is 8. The lowest BCUT2D eigenvalue weighted by Gasteiger charge is -2.23. The van der Waals surface area contributed by atoms with E-state index in [1.54, 1.807) is 6.92 Å². The standard InChI is InChI=1S/C19H28ClN7OS/c1-11-6-5-7-14(12(11)2)15-10-16(27-19(22)26-15)24-8-9-25-29(28)17(13(3)21)18(20)23-4/h5-7,10,15,24-25H,8-9,21H2,1-4H3,(H3,22,26,27). The largest absolute Gasteiger partial charge is 0.593 e. The Hall–Kier alpha value is -2.20. The van der Waals surface area contributed by atoms with Crippen molar-refractivity contribution in [2.75, 3.05) is 20.1 Å². The summed E-state index contributed by atoms with van der Waals surface area (Å²) < 4.78 is 15.3. The normalized spacial score (nSPS) is 19.0.